The van der Waals surface area contributed by atoms with E-state index < -0.39 is 0 Å². The minimum atomic E-state index is 0. The first-order chi connectivity index (χ1) is 62.9. The molecule has 143 heavy (non-hydrogen) atoms. The van der Waals surface area contributed by atoms with Gasteiger partial charge in [-0.1, -0.05) is 308 Å². The number of benzene rings is 1. The first-order valence-corrected chi connectivity index (χ1v) is 46.4. The first kappa shape index (κ1) is 194. The molecule has 10 aromatic heterocycles. The monoisotopic (exact) mass is 2360 g/mol. The SMILES string of the molecule is CC(C)c1c[c-]ccc1.CC(C)c1c[c-]ccn1.CC(C)c1c[c-]cnc1.CC(C)c1c[c-]cnn1.CC(C)c1c[c-]ncc1.CC(C)c1c[c-]ncn1.CC(C)c1c[c-]nnc1.CC(C)c1ccc[c-]n1.CC(C)c1ccn[c-]n1.CC(C)c1cnc[c-]n1.CC(C)c1n[c-]ccn1.C[CH-]C.C[CH-]C.C[CH-]C.C[CH-]C.C[CH-]C.C[CH-]C.C[CH-]C.C[CH-]C.C[CH-]C.C[CH-]C.C[CH-]C.[V+2].[V+2].[V+2].[V+2].[V+2].[V+2].[V+2].[V+2].[V+2].[V+2].[V+2]. The Labute approximate surface area is 1010 Å². The Balaban J connectivity index is -0.0000000542. The Bertz CT molecular complexity index is 2910. The van der Waals surface area contributed by atoms with Crippen LogP contribution in [-0.2, 0) is 204 Å². The Morgan fingerprint density at radius 1 is 0.231 bits per heavy atom. The van der Waals surface area contributed by atoms with Crippen LogP contribution in [0.2, 0.25) is 0 Å². The molecule has 0 saturated carbocycles. The van der Waals surface area contributed by atoms with Crippen LogP contribution in [0.1, 0.15) is 432 Å². The topological polar surface area (TPSA) is 206 Å². The van der Waals surface area contributed by atoms with Crippen molar-refractivity contribution < 1.29 is 204 Å². The van der Waals surface area contributed by atoms with Crippen LogP contribution < -0.4 is 0 Å². The van der Waals surface area contributed by atoms with Crippen molar-refractivity contribution in [1.82, 2.24) is 80.2 Å². The van der Waals surface area contributed by atoms with Crippen molar-refractivity contribution in [2.24, 2.45) is 0 Å². The summed E-state index contributed by atoms with van der Waals surface area (Å²) in [4.78, 5) is 47.2. The van der Waals surface area contributed by atoms with Crippen molar-refractivity contribution in [2.45, 2.75) is 370 Å². The van der Waals surface area contributed by atoms with E-state index in [1.54, 1.807) is 61.8 Å². The molecule has 27 heteroatoms. The average molecular weight is 2360 g/mol. The average Bonchev–Trinajstić information content (AvgIpc) is 1.03. The smallest absolute Gasteiger partial charge is 0.453 e. The maximum atomic E-state index is 4.15. The van der Waals surface area contributed by atoms with Gasteiger partial charge >= 0.3 is 204 Å². The van der Waals surface area contributed by atoms with Crippen LogP contribution >= 0.6 is 0 Å². The van der Waals surface area contributed by atoms with E-state index in [4.69, 9.17) is 0 Å². The van der Waals surface area contributed by atoms with Gasteiger partial charge in [0.2, 0.25) is 0 Å². The zero-order chi connectivity index (χ0) is 103. The van der Waals surface area contributed by atoms with E-state index in [9.17, 15) is 0 Å². The number of hydrogen-bond donors (Lipinski definition) is 0. The number of pyridine rings is 4. The normalized spacial score (nSPS) is 8.38. The van der Waals surface area contributed by atoms with Crippen molar-refractivity contribution in [3.8, 4) is 0 Å². The van der Waals surface area contributed by atoms with Crippen LogP contribution in [-0.4, -0.2) is 80.2 Å². The second-order valence-electron chi connectivity index (χ2n) is 31.7. The summed E-state index contributed by atoms with van der Waals surface area (Å²) in [6.45, 7) is 90.5. The largest absolute Gasteiger partial charge is 2.00 e. The molecule has 16 nitrogen and oxygen atoms in total. The van der Waals surface area contributed by atoms with Gasteiger partial charge in [0.05, 0.1) is 0 Å². The van der Waals surface area contributed by atoms with E-state index in [1.165, 1.54) is 28.6 Å². The fourth-order valence-corrected chi connectivity index (χ4v) is 6.86. The predicted octanol–water partition coefficient (Wildman–Crippen LogP) is 32.5. The summed E-state index contributed by atoms with van der Waals surface area (Å²) < 4.78 is 0. The third-order valence-corrected chi connectivity index (χ3v) is 13.3. The molecule has 0 aliphatic heterocycles. The molecule has 0 aliphatic rings. The summed E-state index contributed by atoms with van der Waals surface area (Å²) in [6.07, 6.45) is 59.6. The van der Waals surface area contributed by atoms with Crippen LogP contribution in [0, 0.1) is 138 Å². The Morgan fingerprint density at radius 2 is 0.601 bits per heavy atom. The summed E-state index contributed by atoms with van der Waals surface area (Å²) in [5.41, 5.74) is 11.4. The van der Waals surface area contributed by atoms with E-state index >= 15 is 0 Å². The van der Waals surface area contributed by atoms with E-state index in [0.717, 1.165) is 40.0 Å². The molecule has 11 radical (unpaired) electrons. The van der Waals surface area contributed by atoms with Crippen molar-refractivity contribution >= 4 is 0 Å². The van der Waals surface area contributed by atoms with Gasteiger partial charge in [-0.15, -0.1) is 30.6 Å². The van der Waals surface area contributed by atoms with Gasteiger partial charge in [0.15, 0.2) is 0 Å². The zero-order valence-electron chi connectivity index (χ0n) is 95.9. The van der Waals surface area contributed by atoms with Gasteiger partial charge in [0, 0.05) is 12.2 Å². The quantitative estimate of drug-likeness (QED) is 0.110. The van der Waals surface area contributed by atoms with Crippen molar-refractivity contribution in [3.63, 3.8) is 0 Å². The molecule has 10 heterocycles. The molecule has 0 amide bonds. The third-order valence-electron chi connectivity index (χ3n) is 13.3. The van der Waals surface area contributed by atoms with Gasteiger partial charge in [0.1, 0.15) is 0 Å². The first-order valence-electron chi connectivity index (χ1n) is 46.4. The molecule has 0 unspecified atom stereocenters. The number of nitrogens with zero attached hydrogens (tertiary/aromatic N) is 16. The minimum Gasteiger partial charge on any atom is -0.453 e. The predicted molar refractivity (Wildman–Crippen MR) is 570 cm³/mol. The molecule has 11 aromatic rings. The third kappa shape index (κ3) is 157. The molecule has 0 spiro atoms. The summed E-state index contributed by atoms with van der Waals surface area (Å²) in [6, 6.07) is 44.5. The van der Waals surface area contributed by atoms with Crippen LogP contribution in [0.5, 0.6) is 0 Å². The molecule has 0 fully saturated rings. The van der Waals surface area contributed by atoms with E-state index in [1.807, 2.05) is 320 Å². The Kier molecular flexibility index (Phi) is 215. The number of aromatic nitrogens is 16. The van der Waals surface area contributed by atoms with Gasteiger partial charge in [-0.05, 0) is 37.0 Å². The van der Waals surface area contributed by atoms with Crippen LogP contribution in [0.15, 0.2) is 171 Å². The van der Waals surface area contributed by atoms with Crippen LogP contribution in [0.3, 0.4) is 0 Å². The molecule has 781 valence electrons. The van der Waals surface area contributed by atoms with Crippen LogP contribution in [0.25, 0.3) is 0 Å². The van der Waals surface area contributed by atoms with Gasteiger partial charge in [-0.25, -0.2) is 30.3 Å². The van der Waals surface area contributed by atoms with Crippen LogP contribution in [0.4, 0.5) is 0 Å². The van der Waals surface area contributed by atoms with E-state index in [0.29, 0.717) is 65.1 Å². The zero-order valence-corrected chi connectivity index (χ0v) is 111. The summed E-state index contributed by atoms with van der Waals surface area (Å²) in [5, 5.41) is 14.9. The van der Waals surface area contributed by atoms with Crippen molar-refractivity contribution in [3.05, 3.63) is 372 Å². The van der Waals surface area contributed by atoms with Gasteiger partial charge in [-0.2, -0.15) is 264 Å². The fraction of sp³-hybridized carbons (Fsp3) is 0.474. The van der Waals surface area contributed by atoms with Crippen molar-refractivity contribution in [1.29, 1.82) is 0 Å². The Hall–Kier alpha value is -3.27. The second-order valence-corrected chi connectivity index (χ2v) is 31.7. The van der Waals surface area contributed by atoms with E-state index in [2.05, 4.69) is 306 Å². The standard InChI is InChI=1S/C9H11.4C8H10N.6C7H9N2.11C3H7.11V/c1-8(2)9-6-4-3-5-7-9;1-7(2)8-3-5-9-6-4-8;1-7(2)8-4-3-5-9-6-8;2*1-7(2)8-5-3-4-6-9-8;1-6(2)7-5-8-3-4-9-7;2*1-6(2)7-3-4-8-5-9-7;1-6(2)7-3-4-8-9-5-7;1-6(2)7-8-4-3-5-9-7;1-6(2)7-4-3-5-8-9-7;11*1-3-2;;;;;;;;;;;/h3-4,6-8H,1-2H3;3-5,7H,1-2H3;2*4-7H,1-2H3;3-5,7H,1-2H3;2*3,5-6H,1-2H3;3-4,6H,1-2H3;3,5-6H,1-2H3;3-4,6H,1-2H3;4-6H,1-2H3;11*3H,1-2H3;;;;;;;;;;;/q22*-1;11*+2. The molecule has 0 atom stereocenters. The van der Waals surface area contributed by atoms with Gasteiger partial charge in [0.25, 0.3) is 0 Å². The summed E-state index contributed by atoms with van der Waals surface area (Å²) in [7, 11) is 0. The fourth-order valence-electron chi connectivity index (χ4n) is 6.86. The molecule has 0 N–H and O–H groups in total. The molecule has 11 rings (SSSR count). The second kappa shape index (κ2) is 159. The summed E-state index contributed by atoms with van der Waals surface area (Å²) in [5.74, 6) is 6.46. The molecule has 0 bridgehead atoms. The molecular weight excluding hydrogens is 2180 g/mol. The van der Waals surface area contributed by atoms with Gasteiger partial charge in [-0.3, -0.25) is 10.2 Å². The minimum absolute atomic E-state index is 0. The maximum absolute atomic E-state index is 4.15. The Morgan fingerprint density at radius 3 is 0.832 bits per heavy atom. The summed E-state index contributed by atoms with van der Waals surface area (Å²) >= 11 is 0. The molecular formula is C116H182N16V11. The number of hydrogen-bond acceptors (Lipinski definition) is 16. The van der Waals surface area contributed by atoms with Gasteiger partial charge < -0.3 is 130 Å². The van der Waals surface area contributed by atoms with E-state index in [-0.39, 0.29) is 204 Å². The number of rotatable bonds is 11. The molecule has 0 aliphatic carbocycles. The molecule has 0 saturated heterocycles. The maximum Gasteiger partial charge on any atom is 2.00 e. The molecule has 1 aromatic carbocycles. The van der Waals surface area contributed by atoms with Crippen molar-refractivity contribution in [2.75, 3.05) is 0 Å².